The largest absolute Gasteiger partial charge is 0.486 e. The van der Waals surface area contributed by atoms with Gasteiger partial charge in [0.25, 0.3) is 5.91 Å². The molecule has 7 nitrogen and oxygen atoms in total. The summed E-state index contributed by atoms with van der Waals surface area (Å²) in [5.41, 5.74) is 0.446. The van der Waals surface area contributed by atoms with E-state index < -0.39 is 0 Å². The number of amides is 2. The second-order valence-electron chi connectivity index (χ2n) is 7.39. The van der Waals surface area contributed by atoms with Crippen molar-refractivity contribution in [3.63, 3.8) is 0 Å². The zero-order valence-electron chi connectivity index (χ0n) is 17.7. The summed E-state index contributed by atoms with van der Waals surface area (Å²) in [6.07, 6.45) is -0.272. The van der Waals surface area contributed by atoms with Gasteiger partial charge in [-0.2, -0.15) is 0 Å². The average molecular weight is 432 g/mol. The number of hydrogen-bond donors (Lipinski definition) is 1. The van der Waals surface area contributed by atoms with Crippen LogP contribution in [-0.2, 0) is 4.79 Å². The van der Waals surface area contributed by atoms with Crippen LogP contribution >= 0.6 is 0 Å². The fraction of sp³-hybridized carbons (Fsp3) is 0.200. The number of likely N-dealkylation sites (N-methyl/N-ethyl adjacent to an activating group) is 1. The molecule has 1 unspecified atom stereocenters. The lowest BCUT2D eigenvalue weighted by atomic mass is 10.2. The number of carbonyl (C=O) groups excluding carboxylic acids is 2. The molecule has 1 N–H and O–H groups in total. The summed E-state index contributed by atoms with van der Waals surface area (Å²) >= 11 is 0. The summed E-state index contributed by atoms with van der Waals surface area (Å²) in [7, 11) is 1.67. The topological polar surface area (TPSA) is 77.1 Å². The maximum atomic E-state index is 12.5. The Hall–Kier alpha value is -4.00. The van der Waals surface area contributed by atoms with Gasteiger partial charge in [0, 0.05) is 12.6 Å². The highest BCUT2D eigenvalue weighted by Crippen LogP contribution is 2.31. The predicted octanol–water partition coefficient (Wildman–Crippen LogP) is 3.51. The molecule has 0 saturated carbocycles. The lowest BCUT2D eigenvalue weighted by molar-refractivity contribution is -0.130. The number of hydrogen-bond acceptors (Lipinski definition) is 5. The van der Waals surface area contributed by atoms with Crippen LogP contribution in [0.2, 0.25) is 0 Å². The fourth-order valence-corrected chi connectivity index (χ4v) is 3.25. The molecule has 1 aliphatic rings. The number of ether oxygens (including phenoxy) is 3. The Morgan fingerprint density at radius 2 is 1.59 bits per heavy atom. The van der Waals surface area contributed by atoms with Gasteiger partial charge in [-0.15, -0.1) is 0 Å². The number of rotatable bonds is 7. The standard InChI is InChI=1S/C25H24N2O5/c1-27(16-21-17-30-22-9-5-6-10-23(22)32-21)24(28)15-26-25(29)18-11-13-20(14-12-18)31-19-7-3-2-4-8-19/h2-14,21H,15-17H2,1H3,(H,26,29). The molecule has 3 aromatic rings. The Labute approximate surface area is 186 Å². The average Bonchev–Trinajstić information content (AvgIpc) is 2.83. The first-order valence-electron chi connectivity index (χ1n) is 10.3. The first-order valence-corrected chi connectivity index (χ1v) is 10.3. The van der Waals surface area contributed by atoms with Crippen LogP contribution in [0.15, 0.2) is 78.9 Å². The van der Waals surface area contributed by atoms with E-state index in [2.05, 4.69) is 5.32 Å². The van der Waals surface area contributed by atoms with Crippen molar-refractivity contribution in [2.24, 2.45) is 0 Å². The number of para-hydroxylation sites is 3. The van der Waals surface area contributed by atoms with Crippen molar-refractivity contribution in [1.82, 2.24) is 10.2 Å². The van der Waals surface area contributed by atoms with Crippen LogP contribution in [0, 0.1) is 0 Å². The molecule has 1 atom stereocenters. The van der Waals surface area contributed by atoms with Crippen LogP contribution in [0.5, 0.6) is 23.0 Å². The van der Waals surface area contributed by atoms with Crippen molar-refractivity contribution < 1.29 is 23.8 Å². The summed E-state index contributed by atoms with van der Waals surface area (Å²) in [6, 6.07) is 23.6. The maximum Gasteiger partial charge on any atom is 0.251 e. The minimum Gasteiger partial charge on any atom is -0.486 e. The van der Waals surface area contributed by atoms with Crippen molar-refractivity contribution in [2.75, 3.05) is 26.7 Å². The highest BCUT2D eigenvalue weighted by atomic mass is 16.6. The molecule has 0 saturated heterocycles. The molecular formula is C25H24N2O5. The van der Waals surface area contributed by atoms with Crippen molar-refractivity contribution in [3.05, 3.63) is 84.4 Å². The maximum absolute atomic E-state index is 12.5. The summed E-state index contributed by atoms with van der Waals surface area (Å²) in [6.45, 7) is 0.606. The van der Waals surface area contributed by atoms with Crippen LogP contribution in [0.25, 0.3) is 0 Å². The van der Waals surface area contributed by atoms with Gasteiger partial charge >= 0.3 is 0 Å². The highest BCUT2D eigenvalue weighted by Gasteiger charge is 2.23. The number of fused-ring (bicyclic) bond motifs is 1. The van der Waals surface area contributed by atoms with Gasteiger partial charge in [0.05, 0.1) is 13.1 Å². The number of carbonyl (C=O) groups is 2. The van der Waals surface area contributed by atoms with Gasteiger partial charge in [-0.1, -0.05) is 30.3 Å². The zero-order valence-corrected chi connectivity index (χ0v) is 17.7. The van der Waals surface area contributed by atoms with E-state index in [0.29, 0.717) is 41.7 Å². The first-order chi connectivity index (χ1) is 15.6. The molecule has 1 heterocycles. The molecule has 32 heavy (non-hydrogen) atoms. The van der Waals surface area contributed by atoms with E-state index in [1.54, 1.807) is 31.3 Å². The van der Waals surface area contributed by atoms with Gasteiger partial charge in [0.2, 0.25) is 5.91 Å². The molecule has 0 fully saturated rings. The molecule has 4 rings (SSSR count). The van der Waals surface area contributed by atoms with Crippen molar-refractivity contribution >= 4 is 11.8 Å². The first kappa shape index (κ1) is 21.2. The molecule has 0 spiro atoms. The quantitative estimate of drug-likeness (QED) is 0.618. The molecule has 0 radical (unpaired) electrons. The third-order valence-corrected chi connectivity index (χ3v) is 4.97. The van der Waals surface area contributed by atoms with E-state index in [4.69, 9.17) is 14.2 Å². The summed E-state index contributed by atoms with van der Waals surface area (Å²) in [5, 5.41) is 2.66. The molecule has 164 valence electrons. The van der Waals surface area contributed by atoms with E-state index in [-0.39, 0.29) is 24.5 Å². The summed E-state index contributed by atoms with van der Waals surface area (Å²) in [5.74, 6) is 2.16. The van der Waals surface area contributed by atoms with E-state index in [1.165, 1.54) is 4.90 Å². The van der Waals surface area contributed by atoms with Gasteiger partial charge in [0.1, 0.15) is 18.1 Å². The molecule has 7 heteroatoms. The van der Waals surface area contributed by atoms with Gasteiger partial charge in [-0.25, -0.2) is 0 Å². The minimum absolute atomic E-state index is 0.109. The zero-order chi connectivity index (χ0) is 22.3. The van der Waals surface area contributed by atoms with E-state index >= 15 is 0 Å². The lowest BCUT2D eigenvalue weighted by Gasteiger charge is -2.29. The summed E-state index contributed by atoms with van der Waals surface area (Å²) in [4.78, 5) is 26.4. The second-order valence-corrected chi connectivity index (χ2v) is 7.39. The van der Waals surface area contributed by atoms with Crippen molar-refractivity contribution in [2.45, 2.75) is 6.10 Å². The van der Waals surface area contributed by atoms with Gasteiger partial charge < -0.3 is 24.4 Å². The Kier molecular flexibility index (Phi) is 6.55. The number of nitrogens with zero attached hydrogens (tertiary/aromatic N) is 1. The molecule has 0 bridgehead atoms. The van der Waals surface area contributed by atoms with Crippen molar-refractivity contribution in [3.8, 4) is 23.0 Å². The third kappa shape index (κ3) is 5.37. The molecule has 0 aliphatic carbocycles. The van der Waals surface area contributed by atoms with Crippen LogP contribution in [0.4, 0.5) is 0 Å². The predicted molar refractivity (Wildman–Crippen MR) is 119 cm³/mol. The lowest BCUT2D eigenvalue weighted by Crippen LogP contribution is -2.45. The minimum atomic E-state index is -0.329. The summed E-state index contributed by atoms with van der Waals surface area (Å²) < 4.78 is 17.3. The second kappa shape index (κ2) is 9.87. The highest BCUT2D eigenvalue weighted by molar-refractivity contribution is 5.96. The number of benzene rings is 3. The molecule has 3 aromatic carbocycles. The molecular weight excluding hydrogens is 408 g/mol. The van der Waals surface area contributed by atoms with Crippen LogP contribution in [0.1, 0.15) is 10.4 Å². The van der Waals surface area contributed by atoms with Crippen molar-refractivity contribution in [1.29, 1.82) is 0 Å². The SMILES string of the molecule is CN(CC1COc2ccccc2O1)C(=O)CNC(=O)c1ccc(Oc2ccccc2)cc1. The Morgan fingerprint density at radius 3 is 2.34 bits per heavy atom. The van der Waals surface area contributed by atoms with Gasteiger partial charge in [0.15, 0.2) is 17.6 Å². The third-order valence-electron chi connectivity index (χ3n) is 4.97. The molecule has 0 aromatic heterocycles. The number of nitrogens with one attached hydrogen (secondary N) is 1. The fourth-order valence-electron chi connectivity index (χ4n) is 3.25. The molecule has 1 aliphatic heterocycles. The van der Waals surface area contributed by atoms with Crippen LogP contribution in [0.3, 0.4) is 0 Å². The monoisotopic (exact) mass is 432 g/mol. The van der Waals surface area contributed by atoms with E-state index in [0.717, 1.165) is 0 Å². The normalized spacial score (nSPS) is 14.3. The van der Waals surface area contributed by atoms with E-state index in [9.17, 15) is 9.59 Å². The Bertz CT molecular complexity index is 1070. The van der Waals surface area contributed by atoms with Crippen LogP contribution in [-0.4, -0.2) is 49.6 Å². The van der Waals surface area contributed by atoms with Crippen LogP contribution < -0.4 is 19.5 Å². The van der Waals surface area contributed by atoms with Gasteiger partial charge in [-0.3, -0.25) is 9.59 Å². The molecule has 2 amide bonds. The smallest absolute Gasteiger partial charge is 0.251 e. The Balaban J connectivity index is 1.24. The van der Waals surface area contributed by atoms with Gasteiger partial charge in [-0.05, 0) is 48.5 Å². The Morgan fingerprint density at radius 1 is 0.938 bits per heavy atom. The van der Waals surface area contributed by atoms with E-state index in [1.807, 2.05) is 54.6 Å².